The molecule has 0 unspecified atom stereocenters. The lowest BCUT2D eigenvalue weighted by atomic mass is 10.3. The Morgan fingerprint density at radius 2 is 2.16 bits per heavy atom. The maximum atomic E-state index is 11.6. The van der Waals surface area contributed by atoms with Crippen molar-refractivity contribution in [2.75, 3.05) is 7.11 Å². The van der Waals surface area contributed by atoms with Crippen molar-refractivity contribution in [1.29, 1.82) is 10.5 Å². The number of methoxy groups -OCH3 is 1. The summed E-state index contributed by atoms with van der Waals surface area (Å²) in [5, 5.41) is 17.9. The van der Waals surface area contributed by atoms with Crippen LogP contribution in [0, 0.1) is 22.7 Å². The molecule has 0 N–H and O–H groups in total. The van der Waals surface area contributed by atoms with Crippen LogP contribution >= 0.6 is 0 Å². The molecule has 0 aliphatic rings. The molecule has 0 aromatic carbocycles. The summed E-state index contributed by atoms with van der Waals surface area (Å²) in [5.74, 6) is -0.515. The smallest absolute Gasteiger partial charge is 0.343 e. The highest BCUT2D eigenvalue weighted by atomic mass is 16.5. The third-order valence-corrected chi connectivity index (χ3v) is 2.30. The zero-order chi connectivity index (χ0) is 13.8. The van der Waals surface area contributed by atoms with Gasteiger partial charge in [-0.2, -0.15) is 10.5 Å². The molecule has 0 saturated heterocycles. The molecule has 92 valence electrons. The zero-order valence-corrected chi connectivity index (χ0v) is 9.73. The van der Waals surface area contributed by atoms with Gasteiger partial charge < -0.3 is 4.74 Å². The summed E-state index contributed by atoms with van der Waals surface area (Å²) in [7, 11) is 1.22. The number of hydrogen-bond donors (Lipinski definition) is 0. The Kier molecular flexibility index (Phi) is 3.17. The number of hydrogen-bond acceptors (Lipinski definition) is 7. The van der Waals surface area contributed by atoms with Gasteiger partial charge in [0, 0.05) is 6.20 Å². The molecule has 2 rings (SSSR count). The minimum Gasteiger partial charge on any atom is -0.465 e. The SMILES string of the molecule is COC(=O)c1cncnc1-n1cnc(C#N)c1C#N. The first-order valence-corrected chi connectivity index (χ1v) is 4.99. The van der Waals surface area contributed by atoms with Gasteiger partial charge in [0.2, 0.25) is 0 Å². The second-order valence-electron chi connectivity index (χ2n) is 3.29. The van der Waals surface area contributed by atoms with E-state index in [9.17, 15) is 4.79 Å². The lowest BCUT2D eigenvalue weighted by molar-refractivity contribution is 0.0599. The van der Waals surface area contributed by atoms with Gasteiger partial charge in [-0.05, 0) is 0 Å². The van der Waals surface area contributed by atoms with E-state index in [1.807, 2.05) is 6.07 Å². The van der Waals surface area contributed by atoms with Gasteiger partial charge >= 0.3 is 5.97 Å². The summed E-state index contributed by atoms with van der Waals surface area (Å²) in [6.07, 6.45) is 3.72. The Hall–Kier alpha value is -3.26. The van der Waals surface area contributed by atoms with Crippen LogP contribution in [0.15, 0.2) is 18.9 Å². The van der Waals surface area contributed by atoms with Gasteiger partial charge in [-0.1, -0.05) is 0 Å². The average Bonchev–Trinajstić information content (AvgIpc) is 2.89. The molecule has 19 heavy (non-hydrogen) atoms. The second-order valence-corrected chi connectivity index (χ2v) is 3.29. The Bertz CT molecular complexity index is 722. The molecule has 0 aliphatic heterocycles. The fraction of sp³-hybridized carbons (Fsp3) is 0.0909. The first kappa shape index (κ1) is 12.2. The van der Waals surface area contributed by atoms with Crippen molar-refractivity contribution in [2.45, 2.75) is 0 Å². The van der Waals surface area contributed by atoms with Crippen molar-refractivity contribution in [3.8, 4) is 18.0 Å². The quantitative estimate of drug-likeness (QED) is 0.702. The third kappa shape index (κ3) is 1.98. The molecular weight excluding hydrogens is 248 g/mol. The summed E-state index contributed by atoms with van der Waals surface area (Å²) >= 11 is 0. The number of ether oxygens (including phenoxy) is 1. The number of nitrogens with zero attached hydrogens (tertiary/aromatic N) is 6. The molecule has 8 nitrogen and oxygen atoms in total. The Balaban J connectivity index is 2.68. The van der Waals surface area contributed by atoms with E-state index in [4.69, 9.17) is 10.5 Å². The normalized spacial score (nSPS) is 9.42. The number of esters is 1. The topological polar surface area (TPSA) is 117 Å². The van der Waals surface area contributed by atoms with Gasteiger partial charge in [-0.3, -0.25) is 4.57 Å². The predicted octanol–water partition coefficient (Wildman–Crippen LogP) is 0.192. The van der Waals surface area contributed by atoms with E-state index < -0.39 is 5.97 Å². The molecule has 0 fully saturated rings. The minimum atomic E-state index is -0.647. The van der Waals surface area contributed by atoms with Gasteiger partial charge in [0.1, 0.15) is 30.4 Å². The monoisotopic (exact) mass is 254 g/mol. The molecule has 0 aliphatic carbocycles. The van der Waals surface area contributed by atoms with Gasteiger partial charge in [-0.25, -0.2) is 19.7 Å². The number of carbonyl (C=O) groups is 1. The molecule has 0 atom stereocenters. The Labute approximate surface area is 107 Å². The Morgan fingerprint density at radius 1 is 1.37 bits per heavy atom. The fourth-order valence-electron chi connectivity index (χ4n) is 1.47. The van der Waals surface area contributed by atoms with Crippen molar-refractivity contribution < 1.29 is 9.53 Å². The van der Waals surface area contributed by atoms with Crippen LogP contribution in [0.4, 0.5) is 0 Å². The number of aromatic nitrogens is 4. The van der Waals surface area contributed by atoms with Crippen LogP contribution in [0.5, 0.6) is 0 Å². The molecule has 2 heterocycles. The number of carbonyl (C=O) groups excluding carboxylic acids is 1. The van der Waals surface area contributed by atoms with Gasteiger partial charge in [0.15, 0.2) is 17.2 Å². The van der Waals surface area contributed by atoms with Crippen molar-refractivity contribution in [3.63, 3.8) is 0 Å². The number of rotatable bonds is 2. The van der Waals surface area contributed by atoms with Crippen molar-refractivity contribution >= 4 is 5.97 Å². The van der Waals surface area contributed by atoms with Gasteiger partial charge in [-0.15, -0.1) is 0 Å². The zero-order valence-electron chi connectivity index (χ0n) is 9.73. The maximum absolute atomic E-state index is 11.6. The lowest BCUT2D eigenvalue weighted by Crippen LogP contribution is -2.11. The van der Waals surface area contributed by atoms with Crippen molar-refractivity contribution in [1.82, 2.24) is 19.5 Å². The molecule has 2 aromatic rings. The van der Waals surface area contributed by atoms with E-state index in [-0.39, 0.29) is 22.8 Å². The van der Waals surface area contributed by atoms with Gasteiger partial charge in [0.05, 0.1) is 7.11 Å². The summed E-state index contributed by atoms with van der Waals surface area (Å²) in [6, 6.07) is 3.63. The highest BCUT2D eigenvalue weighted by Gasteiger charge is 2.19. The molecule has 0 radical (unpaired) electrons. The van der Waals surface area contributed by atoms with E-state index in [1.165, 1.54) is 30.5 Å². The summed E-state index contributed by atoms with van der Waals surface area (Å²) < 4.78 is 5.85. The van der Waals surface area contributed by atoms with E-state index in [1.54, 1.807) is 6.07 Å². The average molecular weight is 254 g/mol. The summed E-state index contributed by atoms with van der Waals surface area (Å²) in [5.41, 5.74) is 0.0201. The third-order valence-electron chi connectivity index (χ3n) is 2.30. The van der Waals surface area contributed by atoms with Crippen molar-refractivity contribution in [3.05, 3.63) is 35.8 Å². The maximum Gasteiger partial charge on any atom is 0.343 e. The highest BCUT2D eigenvalue weighted by molar-refractivity contribution is 5.92. The molecule has 8 heteroatoms. The Morgan fingerprint density at radius 3 is 2.79 bits per heavy atom. The molecule has 2 aromatic heterocycles. The van der Waals surface area contributed by atoms with Crippen molar-refractivity contribution in [2.24, 2.45) is 0 Å². The molecule has 0 spiro atoms. The van der Waals surface area contributed by atoms with Crippen LogP contribution in [0.3, 0.4) is 0 Å². The van der Waals surface area contributed by atoms with Gasteiger partial charge in [0.25, 0.3) is 0 Å². The van der Waals surface area contributed by atoms with Crippen LogP contribution < -0.4 is 0 Å². The van der Waals surface area contributed by atoms with Crippen LogP contribution in [-0.2, 0) is 4.74 Å². The molecular formula is C11H6N6O2. The van der Waals surface area contributed by atoms with Crippen LogP contribution in [0.25, 0.3) is 5.82 Å². The molecule has 0 bridgehead atoms. The standard InChI is InChI=1S/C11H6N6O2/c1-19-11(18)7-4-14-5-15-10(7)17-6-16-8(2-12)9(17)3-13/h4-6H,1H3. The largest absolute Gasteiger partial charge is 0.465 e. The fourth-order valence-corrected chi connectivity index (χ4v) is 1.47. The first-order chi connectivity index (χ1) is 9.22. The predicted molar refractivity (Wildman–Crippen MR) is 59.9 cm³/mol. The second kappa shape index (κ2) is 4.94. The van der Waals surface area contributed by atoms with E-state index in [0.717, 1.165) is 0 Å². The minimum absolute atomic E-state index is 0.00801. The lowest BCUT2D eigenvalue weighted by Gasteiger charge is -2.06. The molecule has 0 saturated carbocycles. The van der Waals surface area contributed by atoms with Crippen LogP contribution in [-0.4, -0.2) is 32.6 Å². The number of imidazole rings is 1. The highest BCUT2D eigenvalue weighted by Crippen LogP contribution is 2.15. The first-order valence-electron chi connectivity index (χ1n) is 4.99. The number of nitriles is 2. The van der Waals surface area contributed by atoms with Crippen LogP contribution in [0.2, 0.25) is 0 Å². The van der Waals surface area contributed by atoms with E-state index in [2.05, 4.69) is 19.7 Å². The summed E-state index contributed by atoms with van der Waals surface area (Å²) in [4.78, 5) is 23.0. The molecule has 0 amide bonds. The van der Waals surface area contributed by atoms with E-state index in [0.29, 0.717) is 0 Å². The van der Waals surface area contributed by atoms with E-state index >= 15 is 0 Å². The van der Waals surface area contributed by atoms with Crippen LogP contribution in [0.1, 0.15) is 21.7 Å². The summed E-state index contributed by atoms with van der Waals surface area (Å²) in [6.45, 7) is 0.